The number of sulfonamides is 1. The van der Waals surface area contributed by atoms with Crippen molar-refractivity contribution in [1.82, 2.24) is 4.72 Å². The van der Waals surface area contributed by atoms with Gasteiger partial charge < -0.3 is 10.8 Å². The molecule has 0 amide bonds. The largest absolute Gasteiger partial charge is 0.478 e. The van der Waals surface area contributed by atoms with E-state index in [1.54, 1.807) is 0 Å². The third kappa shape index (κ3) is 3.45. The zero-order valence-electron chi connectivity index (χ0n) is 10.3. The molecule has 4 N–H and O–H groups in total. The van der Waals surface area contributed by atoms with Crippen LogP contribution in [0.25, 0.3) is 0 Å². The van der Waals surface area contributed by atoms with E-state index >= 15 is 0 Å². The van der Waals surface area contributed by atoms with E-state index in [4.69, 9.17) is 10.8 Å². The van der Waals surface area contributed by atoms with Gasteiger partial charge in [0.05, 0.1) is 10.5 Å². The highest BCUT2D eigenvalue weighted by molar-refractivity contribution is 7.89. The van der Waals surface area contributed by atoms with Crippen LogP contribution in [-0.4, -0.2) is 26.0 Å². The summed E-state index contributed by atoms with van der Waals surface area (Å²) < 4.78 is 26.5. The first-order valence-electron chi connectivity index (χ1n) is 6.02. The topological polar surface area (TPSA) is 109 Å². The molecule has 0 radical (unpaired) electrons. The second kappa shape index (κ2) is 5.18. The van der Waals surface area contributed by atoms with Crippen LogP contribution in [0.4, 0.5) is 5.69 Å². The van der Waals surface area contributed by atoms with Gasteiger partial charge in [0, 0.05) is 12.2 Å². The first kappa shape index (κ1) is 13.8. The fourth-order valence-electron chi connectivity index (χ4n) is 1.83. The first-order valence-corrected chi connectivity index (χ1v) is 7.51. The van der Waals surface area contributed by atoms with Gasteiger partial charge in [0.2, 0.25) is 10.0 Å². The van der Waals surface area contributed by atoms with E-state index in [-0.39, 0.29) is 16.1 Å². The average molecular weight is 284 g/mol. The minimum atomic E-state index is -3.81. The maximum atomic E-state index is 12.1. The van der Waals surface area contributed by atoms with E-state index in [1.807, 2.05) is 0 Å². The van der Waals surface area contributed by atoms with Crippen LogP contribution >= 0.6 is 0 Å². The number of anilines is 1. The van der Waals surface area contributed by atoms with Crippen molar-refractivity contribution in [2.75, 3.05) is 12.3 Å². The minimum absolute atomic E-state index is 0.217. The predicted molar refractivity (Wildman–Crippen MR) is 70.3 cm³/mol. The van der Waals surface area contributed by atoms with Gasteiger partial charge in [-0.3, -0.25) is 0 Å². The second-order valence-electron chi connectivity index (χ2n) is 4.69. The molecule has 0 spiro atoms. The summed E-state index contributed by atoms with van der Waals surface area (Å²) >= 11 is 0. The molecule has 0 unspecified atom stereocenters. The van der Waals surface area contributed by atoms with Crippen LogP contribution in [0.15, 0.2) is 23.1 Å². The van der Waals surface area contributed by atoms with Crippen molar-refractivity contribution in [2.24, 2.45) is 5.92 Å². The lowest BCUT2D eigenvalue weighted by atomic mass is 10.2. The number of benzene rings is 1. The molecule has 1 aliphatic carbocycles. The van der Waals surface area contributed by atoms with Gasteiger partial charge >= 0.3 is 5.97 Å². The van der Waals surface area contributed by atoms with Gasteiger partial charge in [-0.2, -0.15) is 0 Å². The third-order valence-electron chi connectivity index (χ3n) is 3.07. The Hall–Kier alpha value is -1.60. The number of nitrogens with two attached hydrogens (primary N) is 1. The molecule has 1 fully saturated rings. The predicted octanol–water partition coefficient (Wildman–Crippen LogP) is 1.05. The van der Waals surface area contributed by atoms with Crippen LogP contribution < -0.4 is 10.5 Å². The molecule has 0 aromatic heterocycles. The molecule has 0 aliphatic heterocycles. The lowest BCUT2D eigenvalue weighted by Gasteiger charge is -2.09. The molecule has 1 aromatic carbocycles. The van der Waals surface area contributed by atoms with Crippen molar-refractivity contribution in [1.29, 1.82) is 0 Å². The highest BCUT2D eigenvalue weighted by atomic mass is 32.2. The molecule has 104 valence electrons. The molecule has 0 heterocycles. The number of nitrogens with one attached hydrogen (secondary N) is 1. The van der Waals surface area contributed by atoms with Gasteiger partial charge in [0.15, 0.2) is 0 Å². The molecule has 2 rings (SSSR count). The van der Waals surface area contributed by atoms with Gasteiger partial charge in [-0.15, -0.1) is 0 Å². The Morgan fingerprint density at radius 1 is 1.42 bits per heavy atom. The van der Waals surface area contributed by atoms with E-state index in [0.29, 0.717) is 12.5 Å². The molecule has 0 saturated heterocycles. The lowest BCUT2D eigenvalue weighted by Crippen LogP contribution is -2.26. The summed E-state index contributed by atoms with van der Waals surface area (Å²) in [6.45, 7) is 0.330. The molecule has 6 nitrogen and oxygen atoms in total. The molecule has 19 heavy (non-hydrogen) atoms. The maximum Gasteiger partial charge on any atom is 0.337 e. The highest BCUT2D eigenvalue weighted by Crippen LogP contribution is 2.31. The Kier molecular flexibility index (Phi) is 3.77. The van der Waals surface area contributed by atoms with Crippen LogP contribution in [0.5, 0.6) is 0 Å². The Balaban J connectivity index is 2.20. The number of hydrogen-bond donors (Lipinski definition) is 3. The second-order valence-corrected chi connectivity index (χ2v) is 6.43. The Morgan fingerprint density at radius 2 is 2.11 bits per heavy atom. The van der Waals surface area contributed by atoms with E-state index in [1.165, 1.54) is 12.1 Å². The highest BCUT2D eigenvalue weighted by Gasteiger charge is 2.24. The zero-order chi connectivity index (χ0) is 14.0. The van der Waals surface area contributed by atoms with Gasteiger partial charge in [0.1, 0.15) is 0 Å². The van der Waals surface area contributed by atoms with Crippen molar-refractivity contribution < 1.29 is 18.3 Å². The molecule has 1 aliphatic rings. The number of nitrogen functional groups attached to an aromatic ring is 1. The van der Waals surface area contributed by atoms with Crippen molar-refractivity contribution in [2.45, 2.75) is 24.2 Å². The van der Waals surface area contributed by atoms with Gasteiger partial charge in [-0.1, -0.05) is 12.8 Å². The van der Waals surface area contributed by atoms with Crippen LogP contribution in [0.2, 0.25) is 0 Å². The summed E-state index contributed by atoms with van der Waals surface area (Å²) in [5, 5.41) is 9.03. The van der Waals surface area contributed by atoms with Crippen LogP contribution in [0.3, 0.4) is 0 Å². The number of hydrogen-bond acceptors (Lipinski definition) is 4. The quantitative estimate of drug-likeness (QED) is 0.676. The van der Waals surface area contributed by atoms with Gasteiger partial charge in [-0.05, 0) is 30.5 Å². The smallest absolute Gasteiger partial charge is 0.337 e. The normalized spacial score (nSPS) is 15.4. The van der Waals surface area contributed by atoms with Gasteiger partial charge in [-0.25, -0.2) is 17.9 Å². The summed E-state index contributed by atoms with van der Waals surface area (Å²) in [6, 6.07) is 3.75. The van der Waals surface area contributed by atoms with E-state index in [9.17, 15) is 13.2 Å². The number of rotatable bonds is 6. The SMILES string of the molecule is Nc1ccc(S(=O)(=O)NCCC2CC2)c(C(=O)O)c1. The van der Waals surface area contributed by atoms with Crippen LogP contribution in [-0.2, 0) is 10.0 Å². The van der Waals surface area contributed by atoms with Crippen LogP contribution in [0, 0.1) is 5.92 Å². The van der Waals surface area contributed by atoms with Crippen LogP contribution in [0.1, 0.15) is 29.6 Å². The minimum Gasteiger partial charge on any atom is -0.478 e. The lowest BCUT2D eigenvalue weighted by molar-refractivity contribution is 0.0692. The van der Waals surface area contributed by atoms with E-state index < -0.39 is 16.0 Å². The Morgan fingerprint density at radius 3 is 2.68 bits per heavy atom. The zero-order valence-corrected chi connectivity index (χ0v) is 11.1. The summed E-state index contributed by atoms with van der Waals surface area (Å²) in [7, 11) is -3.81. The number of carbonyl (C=O) groups is 1. The summed E-state index contributed by atoms with van der Waals surface area (Å²) in [5.41, 5.74) is 5.39. The van der Waals surface area contributed by atoms with Crippen molar-refractivity contribution in [3.8, 4) is 0 Å². The fraction of sp³-hybridized carbons (Fsp3) is 0.417. The maximum absolute atomic E-state index is 12.1. The fourth-order valence-corrected chi connectivity index (χ4v) is 3.06. The average Bonchev–Trinajstić information content (AvgIpc) is 3.12. The molecule has 0 atom stereocenters. The molecule has 7 heteroatoms. The van der Waals surface area contributed by atoms with E-state index in [2.05, 4.69) is 4.72 Å². The Labute approximate surface area is 111 Å². The number of carboxylic acids is 1. The third-order valence-corrected chi connectivity index (χ3v) is 4.58. The van der Waals surface area contributed by atoms with Gasteiger partial charge in [0.25, 0.3) is 0 Å². The monoisotopic (exact) mass is 284 g/mol. The van der Waals surface area contributed by atoms with Crippen molar-refractivity contribution in [3.05, 3.63) is 23.8 Å². The Bertz CT molecular complexity index is 594. The first-order chi connectivity index (χ1) is 8.90. The number of aromatic carboxylic acids is 1. The summed E-state index contributed by atoms with van der Waals surface area (Å²) in [5.74, 6) is -0.706. The summed E-state index contributed by atoms with van der Waals surface area (Å²) in [4.78, 5) is 10.8. The van der Waals surface area contributed by atoms with E-state index in [0.717, 1.165) is 25.3 Å². The standard InChI is InChI=1S/C12H16N2O4S/c13-9-3-4-11(10(7-9)12(15)16)19(17,18)14-6-5-8-1-2-8/h3-4,7-8,14H,1-2,5-6,13H2,(H,15,16). The van der Waals surface area contributed by atoms with Crippen molar-refractivity contribution in [3.63, 3.8) is 0 Å². The molecular formula is C12H16N2O4S. The molecular weight excluding hydrogens is 268 g/mol. The molecule has 1 aromatic rings. The molecule has 0 bridgehead atoms. The number of carboxylic acid groups (broad SMARTS) is 1. The molecule has 1 saturated carbocycles. The summed E-state index contributed by atoms with van der Waals surface area (Å²) in [6.07, 6.45) is 3.07. The van der Waals surface area contributed by atoms with Crippen molar-refractivity contribution >= 4 is 21.7 Å².